The van der Waals surface area contributed by atoms with Crippen LogP contribution in [-0.4, -0.2) is 49.0 Å². The molecule has 2 aliphatic rings. The Labute approximate surface area is 191 Å². The predicted molar refractivity (Wildman–Crippen MR) is 123 cm³/mol. The van der Waals surface area contributed by atoms with Crippen molar-refractivity contribution >= 4 is 40.5 Å². The van der Waals surface area contributed by atoms with Gasteiger partial charge in [-0.2, -0.15) is 0 Å². The fourth-order valence-electron chi connectivity index (χ4n) is 4.26. The third-order valence-electron chi connectivity index (χ3n) is 5.76. The molecule has 3 atom stereocenters. The molecule has 2 bridgehead atoms. The van der Waals surface area contributed by atoms with Crippen LogP contribution >= 0.6 is 23.8 Å². The largest absolute Gasteiger partial charge is 0.493 e. The SMILES string of the molecule is COCCN1C(=S)N[C@H]2c3cccc(OC)c3O[C@@]1(C)[C@@H]2C(=O)Nc1ccc(Cl)cc1. The van der Waals surface area contributed by atoms with E-state index in [1.165, 1.54) is 0 Å². The van der Waals surface area contributed by atoms with Crippen LogP contribution in [0.5, 0.6) is 11.5 Å². The first kappa shape index (κ1) is 21.7. The van der Waals surface area contributed by atoms with Gasteiger partial charge in [0.05, 0.1) is 19.8 Å². The van der Waals surface area contributed by atoms with E-state index < -0.39 is 11.6 Å². The molecule has 1 amide bonds. The van der Waals surface area contributed by atoms with Crippen molar-refractivity contribution in [2.24, 2.45) is 5.92 Å². The van der Waals surface area contributed by atoms with Crippen LogP contribution in [0.1, 0.15) is 18.5 Å². The monoisotopic (exact) mass is 461 g/mol. The molecule has 0 aliphatic carbocycles. The van der Waals surface area contributed by atoms with Crippen molar-refractivity contribution in [2.45, 2.75) is 18.7 Å². The minimum absolute atomic E-state index is 0.194. The summed E-state index contributed by atoms with van der Waals surface area (Å²) in [6, 6.07) is 12.2. The lowest BCUT2D eigenvalue weighted by Crippen LogP contribution is -2.72. The normalized spacial score (nSPS) is 24.0. The quantitative estimate of drug-likeness (QED) is 0.637. The van der Waals surface area contributed by atoms with Crippen LogP contribution in [0.15, 0.2) is 42.5 Å². The number of benzene rings is 2. The van der Waals surface area contributed by atoms with Gasteiger partial charge in [-0.3, -0.25) is 4.79 Å². The minimum Gasteiger partial charge on any atom is -0.493 e. The summed E-state index contributed by atoms with van der Waals surface area (Å²) >= 11 is 11.6. The van der Waals surface area contributed by atoms with E-state index in [1.807, 2.05) is 30.0 Å². The Morgan fingerprint density at radius 1 is 1.29 bits per heavy atom. The van der Waals surface area contributed by atoms with Gasteiger partial charge in [-0.1, -0.05) is 23.7 Å². The summed E-state index contributed by atoms with van der Waals surface area (Å²) in [4.78, 5) is 15.4. The fraction of sp³-hybridized carbons (Fsp3) is 0.364. The maximum atomic E-state index is 13.6. The lowest BCUT2D eigenvalue weighted by molar-refractivity contribution is -0.150. The highest BCUT2D eigenvalue weighted by Crippen LogP contribution is 2.51. The second-order valence-corrected chi connectivity index (χ2v) is 8.40. The van der Waals surface area contributed by atoms with Crippen molar-refractivity contribution in [1.82, 2.24) is 10.2 Å². The molecule has 2 aromatic rings. The number of fused-ring (bicyclic) bond motifs is 4. The molecule has 2 heterocycles. The number of thiocarbonyl (C=S) groups is 1. The van der Waals surface area contributed by atoms with Crippen molar-refractivity contribution in [2.75, 3.05) is 32.7 Å². The third kappa shape index (κ3) is 3.79. The van der Waals surface area contributed by atoms with Crippen molar-refractivity contribution in [3.05, 3.63) is 53.1 Å². The molecule has 0 saturated carbocycles. The first-order chi connectivity index (χ1) is 14.9. The van der Waals surface area contributed by atoms with Gasteiger partial charge in [0.15, 0.2) is 22.3 Å². The molecule has 1 saturated heterocycles. The maximum Gasteiger partial charge on any atom is 0.236 e. The van der Waals surface area contributed by atoms with Gasteiger partial charge < -0.3 is 29.7 Å². The Balaban J connectivity index is 1.77. The Kier molecular flexibility index (Phi) is 5.96. The van der Waals surface area contributed by atoms with E-state index in [2.05, 4.69) is 10.6 Å². The van der Waals surface area contributed by atoms with E-state index in [0.717, 1.165) is 5.56 Å². The number of nitrogens with zero attached hydrogens (tertiary/aromatic N) is 1. The van der Waals surface area contributed by atoms with Gasteiger partial charge in [0.25, 0.3) is 0 Å². The van der Waals surface area contributed by atoms with E-state index in [0.29, 0.717) is 40.5 Å². The number of methoxy groups -OCH3 is 2. The van der Waals surface area contributed by atoms with E-state index in [-0.39, 0.29) is 11.9 Å². The van der Waals surface area contributed by atoms with Crippen LogP contribution in [-0.2, 0) is 9.53 Å². The van der Waals surface area contributed by atoms with Crippen molar-refractivity contribution < 1.29 is 19.0 Å². The number of nitrogens with one attached hydrogen (secondary N) is 2. The molecule has 7 nitrogen and oxygen atoms in total. The van der Waals surface area contributed by atoms with E-state index >= 15 is 0 Å². The number of halogens is 1. The van der Waals surface area contributed by atoms with Crippen LogP contribution in [0, 0.1) is 5.92 Å². The number of carbonyl (C=O) groups is 1. The molecule has 1 fully saturated rings. The topological polar surface area (TPSA) is 72.1 Å². The summed E-state index contributed by atoms with van der Waals surface area (Å²) in [7, 11) is 3.22. The number of hydrogen-bond acceptors (Lipinski definition) is 5. The highest BCUT2D eigenvalue weighted by molar-refractivity contribution is 7.80. The number of rotatable bonds is 6. The zero-order valence-corrected chi connectivity index (χ0v) is 19.0. The lowest BCUT2D eigenvalue weighted by Gasteiger charge is -2.56. The minimum atomic E-state index is -1.05. The van der Waals surface area contributed by atoms with Gasteiger partial charge in [0.2, 0.25) is 5.91 Å². The average molecular weight is 462 g/mol. The van der Waals surface area contributed by atoms with Crippen LogP contribution in [0.4, 0.5) is 5.69 Å². The van der Waals surface area contributed by atoms with E-state index in [1.54, 1.807) is 38.5 Å². The van der Waals surface area contributed by atoms with Gasteiger partial charge in [-0.05, 0) is 49.5 Å². The molecule has 9 heteroatoms. The predicted octanol–water partition coefficient (Wildman–Crippen LogP) is 3.59. The van der Waals surface area contributed by atoms with Gasteiger partial charge in [0.1, 0.15) is 5.92 Å². The van der Waals surface area contributed by atoms with Crippen LogP contribution in [0.3, 0.4) is 0 Å². The number of para-hydroxylation sites is 1. The summed E-state index contributed by atoms with van der Waals surface area (Å²) < 4.78 is 17.3. The Morgan fingerprint density at radius 2 is 2.03 bits per heavy atom. The number of ether oxygens (including phenoxy) is 3. The fourth-order valence-corrected chi connectivity index (χ4v) is 4.78. The summed E-state index contributed by atoms with van der Waals surface area (Å²) in [5, 5.41) is 7.45. The van der Waals surface area contributed by atoms with Crippen LogP contribution in [0.2, 0.25) is 5.02 Å². The van der Waals surface area contributed by atoms with Crippen molar-refractivity contribution in [3.8, 4) is 11.5 Å². The van der Waals surface area contributed by atoms with Gasteiger partial charge in [-0.25, -0.2) is 0 Å². The first-order valence-corrected chi connectivity index (χ1v) is 10.7. The van der Waals surface area contributed by atoms with Crippen molar-refractivity contribution in [3.63, 3.8) is 0 Å². The zero-order valence-electron chi connectivity index (χ0n) is 17.5. The molecule has 0 spiro atoms. The Hall–Kier alpha value is -2.55. The van der Waals surface area contributed by atoms with E-state index in [9.17, 15) is 4.79 Å². The number of amides is 1. The number of hydrogen-bond donors (Lipinski definition) is 2. The van der Waals surface area contributed by atoms with Crippen LogP contribution in [0.25, 0.3) is 0 Å². The average Bonchev–Trinajstić information content (AvgIpc) is 2.74. The molecule has 2 aromatic carbocycles. The molecule has 0 unspecified atom stereocenters. The number of carbonyl (C=O) groups excluding carboxylic acids is 1. The molecular weight excluding hydrogens is 438 g/mol. The van der Waals surface area contributed by atoms with Gasteiger partial charge in [-0.15, -0.1) is 0 Å². The summed E-state index contributed by atoms with van der Waals surface area (Å²) in [6.07, 6.45) is 0. The molecule has 164 valence electrons. The smallest absolute Gasteiger partial charge is 0.236 e. The zero-order chi connectivity index (χ0) is 22.2. The standard InChI is InChI=1S/C22H24ClN3O4S/c1-22-17(20(27)24-14-9-7-13(23)8-10-14)18(25-21(31)26(22)11-12-28-2)15-5-4-6-16(29-3)19(15)30-22/h4-10,17-18H,11-12H2,1-3H3,(H,24,27)(H,25,31)/t17-,18-,22-/m0/s1. The molecule has 4 rings (SSSR count). The molecule has 2 N–H and O–H groups in total. The molecule has 0 radical (unpaired) electrons. The third-order valence-corrected chi connectivity index (χ3v) is 6.35. The van der Waals surface area contributed by atoms with Crippen molar-refractivity contribution in [1.29, 1.82) is 0 Å². The molecule has 0 aromatic heterocycles. The maximum absolute atomic E-state index is 13.6. The first-order valence-electron chi connectivity index (χ1n) is 9.88. The van der Waals surface area contributed by atoms with E-state index in [4.69, 9.17) is 38.0 Å². The molecule has 2 aliphatic heterocycles. The second kappa shape index (κ2) is 8.53. The summed E-state index contributed by atoms with van der Waals surface area (Å²) in [5.41, 5.74) is 0.421. The summed E-state index contributed by atoms with van der Waals surface area (Å²) in [6.45, 7) is 2.76. The molecular formula is C22H24ClN3O4S. The lowest BCUT2D eigenvalue weighted by atomic mass is 9.78. The van der Waals surface area contributed by atoms with Crippen LogP contribution < -0.4 is 20.1 Å². The molecule has 31 heavy (non-hydrogen) atoms. The Morgan fingerprint density at radius 3 is 2.71 bits per heavy atom. The van der Waals surface area contributed by atoms with Gasteiger partial charge in [0, 0.05) is 29.9 Å². The highest BCUT2D eigenvalue weighted by atomic mass is 35.5. The highest BCUT2D eigenvalue weighted by Gasteiger charge is 2.59. The van der Waals surface area contributed by atoms with Gasteiger partial charge >= 0.3 is 0 Å². The number of anilines is 1. The second-order valence-electron chi connectivity index (χ2n) is 7.58. The summed E-state index contributed by atoms with van der Waals surface area (Å²) in [5.74, 6) is 0.407. The Bertz CT molecular complexity index is 1000.